The van der Waals surface area contributed by atoms with Crippen molar-refractivity contribution in [1.29, 1.82) is 0 Å². The Morgan fingerprint density at radius 3 is 2.24 bits per heavy atom. The second kappa shape index (κ2) is 17.0. The predicted octanol–water partition coefficient (Wildman–Crippen LogP) is 3.78. The highest BCUT2D eigenvalue weighted by molar-refractivity contribution is 6.32. The Morgan fingerprint density at radius 2 is 1.51 bits per heavy atom. The van der Waals surface area contributed by atoms with Gasteiger partial charge in [0.05, 0.1) is 24.8 Å². The number of hydrogen-bond acceptors (Lipinski definition) is 11. The molecule has 6 N–H and O–H groups in total. The molecule has 0 fully saturated rings. The highest BCUT2D eigenvalue weighted by Gasteiger charge is 2.29. The molecule has 0 radical (unpaired) electrons. The molecule has 4 aromatic rings. The van der Waals surface area contributed by atoms with Gasteiger partial charge in [-0.15, -0.1) is 0 Å². The molecule has 0 spiro atoms. The van der Waals surface area contributed by atoms with E-state index >= 15 is 0 Å². The summed E-state index contributed by atoms with van der Waals surface area (Å²) in [6.07, 6.45) is -6.42. The zero-order chi connectivity index (χ0) is 34.9. The minimum absolute atomic E-state index is 0.136. The van der Waals surface area contributed by atoms with Crippen molar-refractivity contribution in [2.75, 3.05) is 33.5 Å². The van der Waals surface area contributed by atoms with Gasteiger partial charge in [-0.05, 0) is 65.1 Å². The van der Waals surface area contributed by atoms with Crippen molar-refractivity contribution in [1.82, 2.24) is 5.32 Å². The Bertz CT molecular complexity index is 1690. The zero-order valence-corrected chi connectivity index (χ0v) is 28.1. The van der Waals surface area contributed by atoms with Crippen LogP contribution in [0.25, 0.3) is 11.1 Å². The van der Waals surface area contributed by atoms with E-state index in [1.807, 2.05) is 61.5 Å². The highest BCUT2D eigenvalue weighted by atomic mass is 35.5. The number of methoxy groups -OCH3 is 1. The number of hydrogen-bond donors (Lipinski definition) is 6. The minimum Gasteiger partial charge on any atom is -0.497 e. The molecular formula is C37H42ClNO10. The van der Waals surface area contributed by atoms with E-state index in [4.69, 9.17) is 40.4 Å². The third kappa shape index (κ3) is 9.14. The van der Waals surface area contributed by atoms with Gasteiger partial charge in [0.1, 0.15) is 62.0 Å². The van der Waals surface area contributed by atoms with E-state index < -0.39 is 31.0 Å². The fourth-order valence-electron chi connectivity index (χ4n) is 5.40. The lowest BCUT2D eigenvalue weighted by Crippen LogP contribution is -2.48. The lowest BCUT2D eigenvalue weighted by Gasteiger charge is -2.26. The van der Waals surface area contributed by atoms with E-state index in [9.17, 15) is 20.4 Å². The van der Waals surface area contributed by atoms with Crippen LogP contribution >= 0.6 is 11.6 Å². The summed E-state index contributed by atoms with van der Waals surface area (Å²) in [5.41, 5.74) is 5.61. The van der Waals surface area contributed by atoms with Crippen molar-refractivity contribution in [2.45, 2.75) is 51.1 Å². The van der Waals surface area contributed by atoms with Crippen molar-refractivity contribution in [3.63, 3.8) is 0 Å². The van der Waals surface area contributed by atoms with Gasteiger partial charge in [-0.2, -0.15) is 0 Å². The van der Waals surface area contributed by atoms with Crippen LogP contribution in [-0.2, 0) is 19.8 Å². The summed E-state index contributed by atoms with van der Waals surface area (Å²) in [5.74, 6) is 3.07. The van der Waals surface area contributed by atoms with Gasteiger partial charge in [-0.1, -0.05) is 48.0 Å². The van der Waals surface area contributed by atoms with Crippen molar-refractivity contribution < 1.29 is 49.2 Å². The number of nitrogens with one attached hydrogen (secondary N) is 1. The van der Waals surface area contributed by atoms with Crippen LogP contribution in [0.5, 0.6) is 28.7 Å². The van der Waals surface area contributed by atoms with Crippen molar-refractivity contribution in [2.24, 2.45) is 0 Å². The normalized spacial score (nSPS) is 14.9. The van der Waals surface area contributed by atoms with E-state index in [0.29, 0.717) is 35.3 Å². The highest BCUT2D eigenvalue weighted by Crippen LogP contribution is 2.37. The van der Waals surface area contributed by atoms with E-state index in [1.54, 1.807) is 19.2 Å². The van der Waals surface area contributed by atoms with Crippen molar-refractivity contribution in [3.8, 4) is 39.9 Å². The molecule has 0 amide bonds. The first-order valence-electron chi connectivity index (χ1n) is 15.9. The van der Waals surface area contributed by atoms with Crippen molar-refractivity contribution >= 4 is 11.6 Å². The number of aliphatic hydroxyl groups excluding tert-OH is 5. The number of aliphatic hydroxyl groups is 5. The molecule has 11 nitrogen and oxygen atoms in total. The van der Waals surface area contributed by atoms with Gasteiger partial charge in [0, 0.05) is 24.7 Å². The van der Waals surface area contributed by atoms with Crippen molar-refractivity contribution in [3.05, 3.63) is 100 Å². The molecule has 12 heteroatoms. The van der Waals surface area contributed by atoms with Gasteiger partial charge < -0.3 is 54.5 Å². The fraction of sp³-hybridized carbons (Fsp3) is 0.351. The molecule has 0 saturated carbocycles. The number of ether oxygens (including phenoxy) is 5. The molecule has 1 heterocycles. The molecule has 4 atom stereocenters. The molecule has 0 unspecified atom stereocenters. The molecule has 262 valence electrons. The van der Waals surface area contributed by atoms with Crippen LogP contribution in [0, 0.1) is 6.92 Å². The van der Waals surface area contributed by atoms with E-state index in [0.717, 1.165) is 45.1 Å². The summed E-state index contributed by atoms with van der Waals surface area (Å²) in [6.45, 7) is 2.84. The molecular weight excluding hydrogens is 654 g/mol. The van der Waals surface area contributed by atoms with E-state index in [1.165, 1.54) is 0 Å². The van der Waals surface area contributed by atoms with Crippen LogP contribution in [-0.4, -0.2) is 83.4 Å². The first kappa shape index (κ1) is 36.2. The maximum absolute atomic E-state index is 10.4. The summed E-state index contributed by atoms with van der Waals surface area (Å²) in [4.78, 5) is 0. The smallest absolute Gasteiger partial charge is 0.161 e. The van der Waals surface area contributed by atoms with Crippen LogP contribution in [0.1, 0.15) is 22.3 Å². The predicted molar refractivity (Wildman–Crippen MR) is 184 cm³/mol. The molecule has 49 heavy (non-hydrogen) atoms. The van der Waals surface area contributed by atoms with E-state index in [-0.39, 0.29) is 26.3 Å². The first-order valence-corrected chi connectivity index (χ1v) is 16.3. The van der Waals surface area contributed by atoms with Gasteiger partial charge in [0.25, 0.3) is 0 Å². The molecule has 0 bridgehead atoms. The number of halogens is 1. The van der Waals surface area contributed by atoms with Gasteiger partial charge in [-0.25, -0.2) is 0 Å². The van der Waals surface area contributed by atoms with Gasteiger partial charge in [0.15, 0.2) is 11.5 Å². The molecule has 4 aromatic carbocycles. The molecule has 0 saturated heterocycles. The summed E-state index contributed by atoms with van der Waals surface area (Å²) in [7, 11) is 1.60. The lowest BCUT2D eigenvalue weighted by molar-refractivity contribution is -0.114. The largest absolute Gasteiger partial charge is 0.497 e. The van der Waals surface area contributed by atoms with Crippen LogP contribution in [0.15, 0.2) is 72.8 Å². The lowest BCUT2D eigenvalue weighted by atomic mass is 9.96. The number of rotatable bonds is 16. The summed E-state index contributed by atoms with van der Waals surface area (Å²) in [6, 6.07) is 22.8. The summed E-state index contributed by atoms with van der Waals surface area (Å²) >= 11 is 6.71. The minimum atomic E-state index is -1.72. The SMILES string of the molecule is COc1ccc(COc2cc(OCc3cccc(-c4ccc5c(c4)OCCO5)c3C)c(Cl)cc2CNC[C@H](O)[C@@H](O)[C@H](O)[C@H](O)CO)cc1. The first-order chi connectivity index (χ1) is 23.7. The Kier molecular flexibility index (Phi) is 12.6. The standard InChI is InChI=1S/C37H42ClNO10/c1-22-25(4-3-5-28(22)24-8-11-32-35(15-24)47-13-12-46-32)21-49-34-16-33(48-20-23-6-9-27(45-2)10-7-23)26(14-29(34)38)17-39-18-30(41)36(43)37(44)31(42)19-40/h3-11,14-16,30-31,36-37,39-44H,12-13,17-21H2,1-2H3/t30-,31+,36+,37+/m0/s1. The number of fused-ring (bicyclic) bond motifs is 1. The summed E-state index contributed by atoms with van der Waals surface area (Å²) < 4.78 is 29.2. The van der Waals surface area contributed by atoms with Crippen LogP contribution in [0.4, 0.5) is 0 Å². The fourth-order valence-corrected chi connectivity index (χ4v) is 5.64. The van der Waals surface area contributed by atoms with E-state index in [2.05, 4.69) is 11.4 Å². The average molecular weight is 696 g/mol. The molecule has 0 aliphatic carbocycles. The molecule has 0 aromatic heterocycles. The topological polar surface area (TPSA) is 159 Å². The van der Waals surface area contributed by atoms with Gasteiger partial charge >= 0.3 is 0 Å². The maximum atomic E-state index is 10.4. The molecule has 1 aliphatic heterocycles. The second-order valence-corrected chi connectivity index (χ2v) is 12.1. The third-order valence-corrected chi connectivity index (χ3v) is 8.64. The van der Waals surface area contributed by atoms with Crippen LogP contribution in [0.3, 0.4) is 0 Å². The van der Waals surface area contributed by atoms with Gasteiger partial charge in [-0.3, -0.25) is 0 Å². The Balaban J connectivity index is 1.32. The maximum Gasteiger partial charge on any atom is 0.161 e. The Labute approximate surface area is 290 Å². The van der Waals surface area contributed by atoms with Crippen LogP contribution in [0.2, 0.25) is 5.02 Å². The van der Waals surface area contributed by atoms with Crippen LogP contribution < -0.4 is 29.0 Å². The monoisotopic (exact) mass is 695 g/mol. The number of benzene rings is 4. The second-order valence-electron chi connectivity index (χ2n) is 11.7. The van der Waals surface area contributed by atoms with Gasteiger partial charge in [0.2, 0.25) is 0 Å². The Morgan fingerprint density at radius 1 is 0.796 bits per heavy atom. The quantitative estimate of drug-likeness (QED) is 0.101. The average Bonchev–Trinajstić information content (AvgIpc) is 3.13. The summed E-state index contributed by atoms with van der Waals surface area (Å²) in [5, 5.41) is 52.5. The zero-order valence-electron chi connectivity index (χ0n) is 27.3. The Hall–Kier alpha value is -4.07. The molecule has 1 aliphatic rings. The molecule has 5 rings (SSSR count). The third-order valence-electron chi connectivity index (χ3n) is 8.35.